The smallest absolute Gasteiger partial charge is 0.267 e. The van der Waals surface area contributed by atoms with Crippen molar-refractivity contribution in [2.45, 2.75) is 56.9 Å². The van der Waals surface area contributed by atoms with Crippen molar-refractivity contribution >= 4 is 28.3 Å². The molecular weight excluding hydrogens is 480 g/mol. The van der Waals surface area contributed by atoms with Crippen molar-refractivity contribution in [2.75, 3.05) is 11.9 Å². The number of alkyl halides is 2. The molecule has 0 bridgehead atoms. The van der Waals surface area contributed by atoms with E-state index >= 15 is 0 Å². The summed E-state index contributed by atoms with van der Waals surface area (Å²) in [5.74, 6) is -3.81. The van der Waals surface area contributed by atoms with E-state index in [9.17, 15) is 18.4 Å². The summed E-state index contributed by atoms with van der Waals surface area (Å²) in [4.78, 5) is 32.8. The molecule has 3 aromatic rings. The maximum atomic E-state index is 14.4. The molecule has 1 saturated heterocycles. The molecule has 36 heavy (non-hydrogen) atoms. The largest absolute Gasteiger partial charge is 0.324 e. The molecular formula is C28H29F2N3O2S. The summed E-state index contributed by atoms with van der Waals surface area (Å²) in [5, 5.41) is 3.11. The fourth-order valence-corrected chi connectivity index (χ4v) is 6.23. The van der Waals surface area contributed by atoms with Gasteiger partial charge in [0.1, 0.15) is 6.04 Å². The Morgan fingerprint density at radius 1 is 1.03 bits per heavy atom. The normalized spacial score (nSPS) is 19.5. The molecule has 1 aliphatic carbocycles. The molecule has 1 saturated carbocycles. The number of rotatable bonds is 7. The van der Waals surface area contributed by atoms with Crippen LogP contribution in [0.2, 0.25) is 0 Å². The predicted octanol–water partition coefficient (Wildman–Crippen LogP) is 6.16. The molecule has 2 aromatic carbocycles. The molecule has 1 aromatic heterocycles. The monoisotopic (exact) mass is 509 g/mol. The Morgan fingerprint density at radius 2 is 1.69 bits per heavy atom. The summed E-state index contributed by atoms with van der Waals surface area (Å²) in [6, 6.07) is 18.4. The van der Waals surface area contributed by atoms with Gasteiger partial charge in [0.25, 0.3) is 5.92 Å². The Morgan fingerprint density at radius 3 is 2.39 bits per heavy atom. The van der Waals surface area contributed by atoms with Gasteiger partial charge in [0.15, 0.2) is 5.13 Å². The lowest BCUT2D eigenvalue weighted by molar-refractivity contribution is -0.138. The summed E-state index contributed by atoms with van der Waals surface area (Å²) >= 11 is 1.34. The lowest BCUT2D eigenvalue weighted by Gasteiger charge is -2.24. The van der Waals surface area contributed by atoms with E-state index in [1.54, 1.807) is 0 Å². The molecule has 188 valence electrons. The minimum absolute atomic E-state index is 0.225. The second-order valence-electron chi connectivity index (χ2n) is 9.76. The third kappa shape index (κ3) is 5.64. The first-order valence-corrected chi connectivity index (χ1v) is 13.3. The molecule has 2 aliphatic rings. The van der Waals surface area contributed by atoms with Gasteiger partial charge in [0.05, 0.1) is 12.2 Å². The van der Waals surface area contributed by atoms with E-state index in [1.807, 2.05) is 60.7 Å². The Kier molecular flexibility index (Phi) is 7.14. The number of thiazole rings is 1. The van der Waals surface area contributed by atoms with Crippen molar-refractivity contribution in [3.05, 3.63) is 71.1 Å². The van der Waals surface area contributed by atoms with Gasteiger partial charge < -0.3 is 10.2 Å². The lowest BCUT2D eigenvalue weighted by atomic mass is 10.0. The SMILES string of the molecule is O=C(Nc1nc(-c2ccccc2)c(Cc2ccccc2)s1)C1CC(F)(F)CN1C(=O)CC1CCCC1. The van der Waals surface area contributed by atoms with Crippen LogP contribution < -0.4 is 5.32 Å². The number of nitrogens with one attached hydrogen (secondary N) is 1. The minimum atomic E-state index is -3.08. The number of carbonyl (C=O) groups is 2. The summed E-state index contributed by atoms with van der Waals surface area (Å²) in [5.41, 5.74) is 2.78. The Labute approximate surface area is 213 Å². The van der Waals surface area contributed by atoms with Crippen molar-refractivity contribution in [3.63, 3.8) is 0 Å². The van der Waals surface area contributed by atoms with Crippen LogP contribution in [0.1, 0.15) is 49.0 Å². The molecule has 0 radical (unpaired) electrons. The standard InChI is InChI=1S/C28H29F2N3O2S/c29-28(30)17-22(33(18-28)24(34)16-20-11-7-8-12-20)26(35)32-27-31-25(21-13-5-2-6-14-21)23(36-27)15-19-9-3-1-4-10-19/h1-6,9-10,13-14,20,22H,7-8,11-12,15-18H2,(H,31,32,35). The number of nitrogens with zero attached hydrogens (tertiary/aromatic N) is 2. The molecule has 8 heteroatoms. The summed E-state index contributed by atoms with van der Waals surface area (Å²) in [7, 11) is 0. The van der Waals surface area contributed by atoms with Crippen LogP contribution in [0.4, 0.5) is 13.9 Å². The van der Waals surface area contributed by atoms with Crippen LogP contribution >= 0.6 is 11.3 Å². The van der Waals surface area contributed by atoms with E-state index in [4.69, 9.17) is 0 Å². The topological polar surface area (TPSA) is 62.3 Å². The molecule has 1 atom stereocenters. The van der Waals surface area contributed by atoms with Gasteiger partial charge in [-0.25, -0.2) is 13.8 Å². The van der Waals surface area contributed by atoms with E-state index in [0.29, 0.717) is 11.6 Å². The predicted molar refractivity (Wildman–Crippen MR) is 137 cm³/mol. The molecule has 2 heterocycles. The third-order valence-electron chi connectivity index (χ3n) is 7.01. The highest BCUT2D eigenvalue weighted by Crippen LogP contribution is 2.37. The van der Waals surface area contributed by atoms with Crippen molar-refractivity contribution in [1.29, 1.82) is 0 Å². The second kappa shape index (κ2) is 10.5. The number of carbonyl (C=O) groups excluding carboxylic acids is 2. The van der Waals surface area contributed by atoms with E-state index < -0.39 is 30.8 Å². The highest BCUT2D eigenvalue weighted by molar-refractivity contribution is 7.16. The van der Waals surface area contributed by atoms with Crippen LogP contribution in [0.15, 0.2) is 60.7 Å². The number of benzene rings is 2. The quantitative estimate of drug-likeness (QED) is 0.415. The van der Waals surface area contributed by atoms with Crippen molar-refractivity contribution < 1.29 is 18.4 Å². The van der Waals surface area contributed by atoms with Crippen LogP contribution in [0, 0.1) is 5.92 Å². The van der Waals surface area contributed by atoms with Crippen LogP contribution in [0.3, 0.4) is 0 Å². The second-order valence-corrected chi connectivity index (χ2v) is 10.8. The van der Waals surface area contributed by atoms with Crippen molar-refractivity contribution in [1.82, 2.24) is 9.88 Å². The highest BCUT2D eigenvalue weighted by atomic mass is 32.1. The van der Waals surface area contributed by atoms with Gasteiger partial charge in [-0.05, 0) is 24.3 Å². The molecule has 0 spiro atoms. The zero-order chi connectivity index (χ0) is 25.1. The molecule has 1 aliphatic heterocycles. The molecule has 2 amide bonds. The third-order valence-corrected chi connectivity index (χ3v) is 7.98. The maximum absolute atomic E-state index is 14.4. The van der Waals surface area contributed by atoms with Crippen molar-refractivity contribution in [2.24, 2.45) is 5.92 Å². The number of hydrogen-bond acceptors (Lipinski definition) is 4. The number of likely N-dealkylation sites (tertiary alicyclic amines) is 1. The Balaban J connectivity index is 1.36. The minimum Gasteiger partial charge on any atom is -0.324 e. The Bertz CT molecular complexity index is 1210. The van der Waals surface area contributed by atoms with Gasteiger partial charge in [0.2, 0.25) is 11.8 Å². The highest BCUT2D eigenvalue weighted by Gasteiger charge is 2.50. The van der Waals surface area contributed by atoms with Crippen LogP contribution in [-0.4, -0.2) is 40.2 Å². The first kappa shape index (κ1) is 24.6. The molecule has 1 N–H and O–H groups in total. The van der Waals surface area contributed by atoms with Gasteiger partial charge in [-0.1, -0.05) is 73.5 Å². The maximum Gasteiger partial charge on any atom is 0.267 e. The fourth-order valence-electron chi connectivity index (χ4n) is 5.21. The van der Waals surface area contributed by atoms with Crippen LogP contribution in [0.25, 0.3) is 11.3 Å². The van der Waals surface area contributed by atoms with Crippen molar-refractivity contribution in [3.8, 4) is 11.3 Å². The summed E-state index contributed by atoms with van der Waals surface area (Å²) < 4.78 is 28.7. The van der Waals surface area contributed by atoms with Gasteiger partial charge >= 0.3 is 0 Å². The number of aromatic nitrogens is 1. The zero-order valence-corrected chi connectivity index (χ0v) is 20.8. The summed E-state index contributed by atoms with van der Waals surface area (Å²) in [6.07, 6.45) is 4.22. The van der Waals surface area contributed by atoms with Gasteiger partial charge in [-0.3, -0.25) is 9.59 Å². The average molecular weight is 510 g/mol. The zero-order valence-electron chi connectivity index (χ0n) is 20.0. The van der Waals surface area contributed by atoms with Gasteiger partial charge in [-0.15, -0.1) is 11.3 Å². The number of halogens is 2. The van der Waals surface area contributed by atoms with Crippen LogP contribution in [-0.2, 0) is 16.0 Å². The Hall–Kier alpha value is -3.13. The lowest BCUT2D eigenvalue weighted by Crippen LogP contribution is -2.43. The first-order chi connectivity index (χ1) is 17.4. The fraction of sp³-hybridized carbons (Fsp3) is 0.393. The number of anilines is 1. The van der Waals surface area contributed by atoms with E-state index in [-0.39, 0.29) is 18.2 Å². The van der Waals surface area contributed by atoms with E-state index in [2.05, 4.69) is 10.3 Å². The molecule has 5 nitrogen and oxygen atoms in total. The van der Waals surface area contributed by atoms with E-state index in [0.717, 1.165) is 52.3 Å². The summed E-state index contributed by atoms with van der Waals surface area (Å²) in [6.45, 7) is -0.705. The van der Waals surface area contributed by atoms with E-state index in [1.165, 1.54) is 11.3 Å². The first-order valence-electron chi connectivity index (χ1n) is 12.5. The van der Waals surface area contributed by atoms with Gasteiger partial charge in [0, 0.05) is 29.7 Å². The molecule has 5 rings (SSSR count). The average Bonchev–Trinajstić information content (AvgIpc) is 3.59. The van der Waals surface area contributed by atoms with Gasteiger partial charge in [-0.2, -0.15) is 0 Å². The molecule has 2 fully saturated rings. The molecule has 1 unspecified atom stereocenters. The number of hydrogen-bond donors (Lipinski definition) is 1. The van der Waals surface area contributed by atoms with Crippen LogP contribution in [0.5, 0.6) is 0 Å². The number of amides is 2.